The normalized spacial score (nSPS) is 17.4. The third kappa shape index (κ3) is 2.88. The number of nitrogens with zero attached hydrogens (tertiary/aromatic N) is 1. The summed E-state index contributed by atoms with van der Waals surface area (Å²) in [6.07, 6.45) is 2.05. The molecular formula is C13H20N2O2. The zero-order valence-electron chi connectivity index (χ0n) is 10.5. The molecule has 0 atom stereocenters. The lowest BCUT2D eigenvalue weighted by molar-refractivity contribution is 0.0672. The van der Waals surface area contributed by atoms with Crippen LogP contribution in [0.5, 0.6) is 0 Å². The van der Waals surface area contributed by atoms with E-state index in [1.807, 2.05) is 17.9 Å². The molecule has 1 N–H and O–H groups in total. The quantitative estimate of drug-likeness (QED) is 0.870. The fourth-order valence-electron chi connectivity index (χ4n) is 2.28. The van der Waals surface area contributed by atoms with E-state index in [1.165, 1.54) is 0 Å². The Morgan fingerprint density at radius 2 is 2.18 bits per heavy atom. The number of furan rings is 1. The Morgan fingerprint density at radius 1 is 1.47 bits per heavy atom. The van der Waals surface area contributed by atoms with Crippen molar-refractivity contribution in [2.75, 3.05) is 19.6 Å². The molecule has 17 heavy (non-hydrogen) atoms. The number of piperidine rings is 1. The van der Waals surface area contributed by atoms with Crippen molar-refractivity contribution in [1.29, 1.82) is 0 Å². The molecule has 0 bridgehead atoms. The smallest absolute Gasteiger partial charge is 0.289 e. The highest BCUT2D eigenvalue weighted by Crippen LogP contribution is 2.15. The molecule has 4 heteroatoms. The highest BCUT2D eigenvalue weighted by molar-refractivity contribution is 5.91. The summed E-state index contributed by atoms with van der Waals surface area (Å²) in [6, 6.07) is 4.15. The van der Waals surface area contributed by atoms with Gasteiger partial charge in [0, 0.05) is 19.1 Å². The van der Waals surface area contributed by atoms with Crippen molar-refractivity contribution in [2.45, 2.75) is 32.7 Å². The third-order valence-corrected chi connectivity index (χ3v) is 3.23. The van der Waals surface area contributed by atoms with Crippen LogP contribution in [0, 0.1) is 6.92 Å². The molecule has 0 radical (unpaired) electrons. The minimum absolute atomic E-state index is 0.0213. The molecule has 0 spiro atoms. The predicted molar refractivity (Wildman–Crippen MR) is 66.0 cm³/mol. The standard InChI is InChI=1S/C13H20N2O2/c1-3-14-11-6-8-15(9-7-11)13(16)12-5-4-10(2)17-12/h4-5,11,14H,3,6-9H2,1-2H3. The van der Waals surface area contributed by atoms with Crippen molar-refractivity contribution in [3.8, 4) is 0 Å². The molecule has 1 aromatic heterocycles. The Kier molecular flexibility index (Phi) is 3.84. The number of aryl methyl sites for hydroxylation is 1. The SMILES string of the molecule is CCNC1CCN(C(=O)c2ccc(C)o2)CC1. The first-order valence-corrected chi connectivity index (χ1v) is 6.29. The van der Waals surface area contributed by atoms with Gasteiger partial charge in [-0.15, -0.1) is 0 Å². The van der Waals surface area contributed by atoms with Crippen LogP contribution in [0.25, 0.3) is 0 Å². The number of carbonyl (C=O) groups is 1. The van der Waals surface area contributed by atoms with Crippen molar-refractivity contribution >= 4 is 5.91 Å². The average molecular weight is 236 g/mol. The summed E-state index contributed by atoms with van der Waals surface area (Å²) in [4.78, 5) is 14.0. The molecule has 2 rings (SSSR count). The first-order valence-electron chi connectivity index (χ1n) is 6.29. The minimum Gasteiger partial charge on any atom is -0.456 e. The molecule has 0 aromatic carbocycles. The van der Waals surface area contributed by atoms with E-state index in [0.29, 0.717) is 11.8 Å². The van der Waals surface area contributed by atoms with Gasteiger partial charge < -0.3 is 14.6 Å². The summed E-state index contributed by atoms with van der Waals surface area (Å²) in [5.74, 6) is 1.27. The third-order valence-electron chi connectivity index (χ3n) is 3.23. The number of nitrogens with one attached hydrogen (secondary N) is 1. The Balaban J connectivity index is 1.90. The van der Waals surface area contributed by atoms with Crippen LogP contribution >= 0.6 is 0 Å². The lowest BCUT2D eigenvalue weighted by atomic mass is 10.0. The second-order valence-electron chi connectivity index (χ2n) is 4.53. The Labute approximate surface area is 102 Å². The summed E-state index contributed by atoms with van der Waals surface area (Å²) < 4.78 is 5.37. The molecule has 94 valence electrons. The summed E-state index contributed by atoms with van der Waals surface area (Å²) in [6.45, 7) is 6.60. The Morgan fingerprint density at radius 3 is 2.71 bits per heavy atom. The van der Waals surface area contributed by atoms with Gasteiger partial charge in [-0.2, -0.15) is 0 Å². The average Bonchev–Trinajstić information content (AvgIpc) is 2.76. The molecule has 4 nitrogen and oxygen atoms in total. The topological polar surface area (TPSA) is 45.5 Å². The second kappa shape index (κ2) is 5.36. The number of rotatable bonds is 3. The van der Waals surface area contributed by atoms with E-state index < -0.39 is 0 Å². The van der Waals surface area contributed by atoms with E-state index in [2.05, 4.69) is 12.2 Å². The predicted octanol–water partition coefficient (Wildman–Crippen LogP) is 1.80. The molecule has 1 fully saturated rings. The molecule has 1 aliphatic rings. The molecule has 1 aromatic rings. The lowest BCUT2D eigenvalue weighted by Gasteiger charge is -2.31. The van der Waals surface area contributed by atoms with Crippen LogP contribution in [0.3, 0.4) is 0 Å². The van der Waals surface area contributed by atoms with Crippen LogP contribution in [0.15, 0.2) is 16.5 Å². The van der Waals surface area contributed by atoms with Gasteiger partial charge in [-0.25, -0.2) is 0 Å². The van der Waals surface area contributed by atoms with E-state index in [-0.39, 0.29) is 5.91 Å². The van der Waals surface area contributed by atoms with Crippen LogP contribution in [-0.2, 0) is 0 Å². The maximum absolute atomic E-state index is 12.1. The van der Waals surface area contributed by atoms with E-state index in [4.69, 9.17) is 4.42 Å². The zero-order valence-corrected chi connectivity index (χ0v) is 10.5. The van der Waals surface area contributed by atoms with Crippen LogP contribution in [0.4, 0.5) is 0 Å². The van der Waals surface area contributed by atoms with Gasteiger partial charge in [-0.3, -0.25) is 4.79 Å². The highest BCUT2D eigenvalue weighted by atomic mass is 16.3. The van der Waals surface area contributed by atoms with Gasteiger partial charge in [0.2, 0.25) is 0 Å². The van der Waals surface area contributed by atoms with Gasteiger partial charge in [0.25, 0.3) is 5.91 Å². The second-order valence-corrected chi connectivity index (χ2v) is 4.53. The monoisotopic (exact) mass is 236 g/mol. The van der Waals surface area contributed by atoms with E-state index >= 15 is 0 Å². The number of carbonyl (C=O) groups excluding carboxylic acids is 1. The van der Waals surface area contributed by atoms with Gasteiger partial charge in [0.15, 0.2) is 5.76 Å². The van der Waals surface area contributed by atoms with Crippen molar-refractivity contribution in [3.05, 3.63) is 23.7 Å². The molecule has 1 aliphatic heterocycles. The molecule has 2 heterocycles. The summed E-state index contributed by atoms with van der Waals surface area (Å²) in [5, 5.41) is 3.43. The minimum atomic E-state index is 0.0213. The van der Waals surface area contributed by atoms with Gasteiger partial charge in [0.05, 0.1) is 0 Å². The molecule has 0 aliphatic carbocycles. The van der Waals surface area contributed by atoms with E-state index in [0.717, 1.165) is 38.2 Å². The number of hydrogen-bond donors (Lipinski definition) is 1. The van der Waals surface area contributed by atoms with Gasteiger partial charge in [0.1, 0.15) is 5.76 Å². The molecule has 0 saturated carbocycles. The zero-order chi connectivity index (χ0) is 12.3. The maximum Gasteiger partial charge on any atom is 0.289 e. The van der Waals surface area contributed by atoms with Crippen LogP contribution < -0.4 is 5.32 Å². The maximum atomic E-state index is 12.1. The fraction of sp³-hybridized carbons (Fsp3) is 0.615. The number of hydrogen-bond acceptors (Lipinski definition) is 3. The van der Waals surface area contributed by atoms with Crippen molar-refractivity contribution < 1.29 is 9.21 Å². The van der Waals surface area contributed by atoms with E-state index in [9.17, 15) is 4.79 Å². The van der Waals surface area contributed by atoms with Crippen molar-refractivity contribution in [3.63, 3.8) is 0 Å². The van der Waals surface area contributed by atoms with Crippen molar-refractivity contribution in [1.82, 2.24) is 10.2 Å². The van der Waals surface area contributed by atoms with Gasteiger partial charge >= 0.3 is 0 Å². The van der Waals surface area contributed by atoms with E-state index in [1.54, 1.807) is 6.07 Å². The summed E-state index contributed by atoms with van der Waals surface area (Å²) in [7, 11) is 0. The Hall–Kier alpha value is -1.29. The van der Waals surface area contributed by atoms with Crippen LogP contribution in [0.1, 0.15) is 36.1 Å². The van der Waals surface area contributed by atoms with Crippen molar-refractivity contribution in [2.24, 2.45) is 0 Å². The highest BCUT2D eigenvalue weighted by Gasteiger charge is 2.24. The summed E-state index contributed by atoms with van der Waals surface area (Å²) >= 11 is 0. The summed E-state index contributed by atoms with van der Waals surface area (Å²) in [5.41, 5.74) is 0. The molecule has 0 unspecified atom stereocenters. The van der Waals surface area contributed by atoms with Gasteiger partial charge in [-0.05, 0) is 38.4 Å². The molecule has 1 amide bonds. The van der Waals surface area contributed by atoms with Crippen LogP contribution in [-0.4, -0.2) is 36.5 Å². The fourth-order valence-corrected chi connectivity index (χ4v) is 2.28. The molecule has 1 saturated heterocycles. The first kappa shape index (κ1) is 12.2. The Bertz CT molecular complexity index is 379. The van der Waals surface area contributed by atoms with Gasteiger partial charge in [-0.1, -0.05) is 6.92 Å². The number of amides is 1. The lowest BCUT2D eigenvalue weighted by Crippen LogP contribution is -2.44. The molecular weight excluding hydrogens is 216 g/mol. The first-order chi connectivity index (χ1) is 8.20. The number of likely N-dealkylation sites (tertiary alicyclic amines) is 1. The largest absolute Gasteiger partial charge is 0.456 e. The van der Waals surface area contributed by atoms with Crippen LogP contribution in [0.2, 0.25) is 0 Å².